The van der Waals surface area contributed by atoms with Gasteiger partial charge >= 0.3 is 5.97 Å². The van der Waals surface area contributed by atoms with Gasteiger partial charge in [-0.15, -0.1) is 0 Å². The zero-order valence-corrected chi connectivity index (χ0v) is 12.5. The second-order valence-electron chi connectivity index (χ2n) is 5.44. The molecule has 2 unspecified atom stereocenters. The predicted molar refractivity (Wildman–Crippen MR) is 76.8 cm³/mol. The molecule has 2 atom stereocenters. The van der Waals surface area contributed by atoms with Crippen molar-refractivity contribution < 1.29 is 19.4 Å². The number of carboxylic acid groups (broad SMARTS) is 1. The van der Waals surface area contributed by atoms with Crippen LogP contribution in [0.2, 0.25) is 0 Å². The van der Waals surface area contributed by atoms with Gasteiger partial charge in [-0.25, -0.2) is 0 Å². The summed E-state index contributed by atoms with van der Waals surface area (Å²) in [6, 6.07) is 1.35. The lowest BCUT2D eigenvalue weighted by atomic mass is 9.72. The molecule has 2 N–H and O–H groups in total. The van der Waals surface area contributed by atoms with E-state index in [0.717, 1.165) is 19.3 Å². The average molecular weight is 295 g/mol. The molecule has 0 aliphatic heterocycles. The lowest BCUT2D eigenvalue weighted by Crippen LogP contribution is -2.46. The summed E-state index contributed by atoms with van der Waals surface area (Å²) in [5.74, 6) is 0.273. The first kappa shape index (κ1) is 15.3. The van der Waals surface area contributed by atoms with Crippen molar-refractivity contribution in [3.63, 3.8) is 0 Å². The van der Waals surface area contributed by atoms with Crippen molar-refractivity contribution in [1.82, 2.24) is 9.97 Å². The molecule has 0 radical (unpaired) electrons. The summed E-state index contributed by atoms with van der Waals surface area (Å²) >= 11 is 0. The number of nitrogens with zero attached hydrogens (tertiary/aromatic N) is 2. The smallest absolute Gasteiger partial charge is 0.311 e. The Hall–Kier alpha value is -2.05. The number of carboxylic acids is 1. The van der Waals surface area contributed by atoms with Crippen molar-refractivity contribution in [2.45, 2.75) is 38.6 Å². The maximum atomic E-state index is 11.6. The van der Waals surface area contributed by atoms with Gasteiger partial charge in [-0.1, -0.05) is 12.8 Å². The van der Waals surface area contributed by atoms with Gasteiger partial charge in [0.05, 0.1) is 25.7 Å². The van der Waals surface area contributed by atoms with Crippen LogP contribution >= 0.6 is 0 Å². The van der Waals surface area contributed by atoms with Gasteiger partial charge < -0.3 is 19.9 Å². The Morgan fingerprint density at radius 1 is 1.33 bits per heavy atom. The molecule has 1 aromatic rings. The van der Waals surface area contributed by atoms with Crippen molar-refractivity contribution in [2.24, 2.45) is 5.41 Å². The lowest BCUT2D eigenvalue weighted by molar-refractivity contribution is -0.150. The SMILES string of the molecule is COc1cc(OC)nc(NC2CCCCC2(C)C(=O)O)n1. The Balaban J connectivity index is 2.25. The molecule has 1 fully saturated rings. The number of carbonyl (C=O) groups is 1. The third-order valence-corrected chi connectivity index (χ3v) is 4.10. The number of hydrogen-bond acceptors (Lipinski definition) is 6. The third kappa shape index (κ3) is 3.17. The largest absolute Gasteiger partial charge is 0.481 e. The molecule has 0 amide bonds. The van der Waals surface area contributed by atoms with Gasteiger partial charge in [0.2, 0.25) is 17.7 Å². The van der Waals surface area contributed by atoms with E-state index in [1.807, 2.05) is 0 Å². The molecule has 2 rings (SSSR count). The maximum Gasteiger partial charge on any atom is 0.311 e. The highest BCUT2D eigenvalue weighted by Crippen LogP contribution is 2.38. The number of anilines is 1. The highest BCUT2D eigenvalue weighted by molar-refractivity contribution is 5.76. The van der Waals surface area contributed by atoms with Crippen LogP contribution in [0.25, 0.3) is 0 Å². The number of aliphatic carboxylic acids is 1. The molecule has 0 spiro atoms. The van der Waals surface area contributed by atoms with Crippen LogP contribution in [0.15, 0.2) is 6.07 Å². The summed E-state index contributed by atoms with van der Waals surface area (Å²) in [5, 5.41) is 12.7. The fraction of sp³-hybridized carbons (Fsp3) is 0.643. The molecule has 0 aromatic carbocycles. The molecular formula is C14H21N3O4. The average Bonchev–Trinajstić information content (AvgIpc) is 2.49. The van der Waals surface area contributed by atoms with E-state index in [1.165, 1.54) is 14.2 Å². The van der Waals surface area contributed by atoms with E-state index in [9.17, 15) is 9.90 Å². The quantitative estimate of drug-likeness (QED) is 0.857. The zero-order chi connectivity index (χ0) is 15.5. The number of ether oxygens (including phenoxy) is 2. The summed E-state index contributed by atoms with van der Waals surface area (Å²) in [4.78, 5) is 20.0. The van der Waals surface area contributed by atoms with Crippen LogP contribution < -0.4 is 14.8 Å². The number of nitrogens with one attached hydrogen (secondary N) is 1. The highest BCUT2D eigenvalue weighted by Gasteiger charge is 2.43. The van der Waals surface area contributed by atoms with Crippen LogP contribution in [0, 0.1) is 5.41 Å². The molecule has 1 aliphatic carbocycles. The number of methoxy groups -OCH3 is 2. The van der Waals surface area contributed by atoms with Crippen LogP contribution in [0.1, 0.15) is 32.6 Å². The Labute approximate surface area is 123 Å². The van der Waals surface area contributed by atoms with Gasteiger partial charge in [-0.05, 0) is 19.8 Å². The molecule has 1 saturated carbocycles. The van der Waals surface area contributed by atoms with Gasteiger partial charge in [-0.2, -0.15) is 9.97 Å². The molecule has 1 aromatic heterocycles. The summed E-state index contributed by atoms with van der Waals surface area (Å²) in [7, 11) is 3.01. The first-order chi connectivity index (χ1) is 9.99. The maximum absolute atomic E-state index is 11.6. The van der Waals surface area contributed by atoms with Crippen LogP contribution in [-0.4, -0.2) is 41.3 Å². The van der Waals surface area contributed by atoms with Crippen LogP contribution in [-0.2, 0) is 4.79 Å². The topological polar surface area (TPSA) is 93.6 Å². The second-order valence-corrected chi connectivity index (χ2v) is 5.44. The minimum absolute atomic E-state index is 0.222. The number of rotatable bonds is 5. The van der Waals surface area contributed by atoms with Crippen LogP contribution in [0.3, 0.4) is 0 Å². The van der Waals surface area contributed by atoms with Crippen molar-refractivity contribution in [3.05, 3.63) is 6.07 Å². The van der Waals surface area contributed by atoms with Gasteiger partial charge in [0, 0.05) is 6.04 Å². The fourth-order valence-corrected chi connectivity index (χ4v) is 2.65. The molecule has 7 heteroatoms. The van der Waals surface area contributed by atoms with E-state index >= 15 is 0 Å². The van der Waals surface area contributed by atoms with E-state index in [0.29, 0.717) is 24.1 Å². The standard InChI is InChI=1S/C14H21N3O4/c1-14(12(18)19)7-5-4-6-9(14)15-13-16-10(20-2)8-11(17-13)21-3/h8-9H,4-7H2,1-3H3,(H,18,19)(H,15,16,17). The van der Waals surface area contributed by atoms with Crippen LogP contribution in [0.5, 0.6) is 11.8 Å². The Kier molecular flexibility index (Phi) is 4.50. The van der Waals surface area contributed by atoms with E-state index in [2.05, 4.69) is 15.3 Å². The van der Waals surface area contributed by atoms with E-state index < -0.39 is 11.4 Å². The molecule has 0 bridgehead atoms. The van der Waals surface area contributed by atoms with Crippen LogP contribution in [0.4, 0.5) is 5.95 Å². The first-order valence-electron chi connectivity index (χ1n) is 6.96. The number of hydrogen-bond donors (Lipinski definition) is 2. The van der Waals surface area contributed by atoms with Gasteiger partial charge in [0.25, 0.3) is 0 Å². The van der Waals surface area contributed by atoms with Gasteiger partial charge in [0.1, 0.15) is 0 Å². The predicted octanol–water partition coefficient (Wildman–Crippen LogP) is 1.94. The minimum atomic E-state index is -0.822. The molecule has 21 heavy (non-hydrogen) atoms. The van der Waals surface area contributed by atoms with Crippen molar-refractivity contribution in [3.8, 4) is 11.8 Å². The molecule has 1 heterocycles. The lowest BCUT2D eigenvalue weighted by Gasteiger charge is -2.38. The van der Waals surface area contributed by atoms with Crippen molar-refractivity contribution in [1.29, 1.82) is 0 Å². The van der Waals surface area contributed by atoms with Crippen molar-refractivity contribution in [2.75, 3.05) is 19.5 Å². The van der Waals surface area contributed by atoms with E-state index in [-0.39, 0.29) is 6.04 Å². The summed E-state index contributed by atoms with van der Waals surface area (Å²) in [6.07, 6.45) is 3.32. The Morgan fingerprint density at radius 3 is 2.48 bits per heavy atom. The second kappa shape index (κ2) is 6.15. The molecular weight excluding hydrogens is 274 g/mol. The molecule has 1 aliphatic rings. The Bertz CT molecular complexity index is 501. The Morgan fingerprint density at radius 2 is 1.95 bits per heavy atom. The molecule has 0 saturated heterocycles. The highest BCUT2D eigenvalue weighted by atomic mass is 16.5. The molecule has 7 nitrogen and oxygen atoms in total. The normalized spacial score (nSPS) is 25.2. The summed E-state index contributed by atoms with van der Waals surface area (Å²) in [5.41, 5.74) is -0.822. The van der Waals surface area contributed by atoms with Gasteiger partial charge in [0.15, 0.2) is 0 Å². The fourth-order valence-electron chi connectivity index (χ4n) is 2.65. The zero-order valence-electron chi connectivity index (χ0n) is 12.5. The van der Waals surface area contributed by atoms with Gasteiger partial charge in [-0.3, -0.25) is 4.79 Å². The number of aromatic nitrogens is 2. The van der Waals surface area contributed by atoms with E-state index in [1.54, 1.807) is 13.0 Å². The first-order valence-corrected chi connectivity index (χ1v) is 6.96. The third-order valence-electron chi connectivity index (χ3n) is 4.10. The minimum Gasteiger partial charge on any atom is -0.481 e. The van der Waals surface area contributed by atoms with E-state index in [4.69, 9.17) is 9.47 Å². The summed E-state index contributed by atoms with van der Waals surface area (Å²) < 4.78 is 10.2. The monoisotopic (exact) mass is 295 g/mol. The van der Waals surface area contributed by atoms with Crippen molar-refractivity contribution >= 4 is 11.9 Å². The summed E-state index contributed by atoms with van der Waals surface area (Å²) in [6.45, 7) is 1.77. The molecule has 116 valence electrons.